The van der Waals surface area contributed by atoms with Gasteiger partial charge in [0.2, 0.25) is 0 Å². The Balaban J connectivity index is 2.68. The fourth-order valence-electron chi connectivity index (χ4n) is 1.74. The van der Waals surface area contributed by atoms with Gasteiger partial charge in [-0.25, -0.2) is 4.39 Å². The molecule has 1 atom stereocenters. The molecule has 0 fully saturated rings. The summed E-state index contributed by atoms with van der Waals surface area (Å²) in [6.07, 6.45) is -4.90. The maximum absolute atomic E-state index is 13.5. The average Bonchev–Trinajstić information content (AvgIpc) is 2.27. The van der Waals surface area contributed by atoms with Gasteiger partial charge in [0.1, 0.15) is 5.82 Å². The molecule has 0 radical (unpaired) electrons. The maximum Gasteiger partial charge on any atom is 0.389 e. The first kappa shape index (κ1) is 15.2. The summed E-state index contributed by atoms with van der Waals surface area (Å²) < 4.78 is 49.7. The Hall–Kier alpha value is -0.810. The zero-order valence-electron chi connectivity index (χ0n) is 9.82. The van der Waals surface area contributed by atoms with Crippen molar-refractivity contribution in [3.63, 3.8) is 0 Å². The molecule has 1 aromatic carbocycles. The van der Waals surface area contributed by atoms with Crippen molar-refractivity contribution in [2.75, 3.05) is 7.05 Å². The van der Waals surface area contributed by atoms with E-state index in [1.807, 2.05) is 0 Å². The van der Waals surface area contributed by atoms with Crippen LogP contribution < -0.4 is 5.32 Å². The van der Waals surface area contributed by atoms with Gasteiger partial charge in [0.05, 0.1) is 0 Å². The van der Waals surface area contributed by atoms with Crippen molar-refractivity contribution in [1.82, 2.24) is 5.32 Å². The molecule has 0 saturated heterocycles. The van der Waals surface area contributed by atoms with E-state index in [0.29, 0.717) is 10.6 Å². The Bertz CT molecular complexity index is 392. The van der Waals surface area contributed by atoms with Crippen molar-refractivity contribution >= 4 is 11.6 Å². The summed E-state index contributed by atoms with van der Waals surface area (Å²) in [7, 11) is 1.58. The maximum atomic E-state index is 13.5. The molecule has 0 aliphatic rings. The number of halogens is 5. The van der Waals surface area contributed by atoms with Crippen molar-refractivity contribution in [3.05, 3.63) is 34.6 Å². The minimum Gasteiger partial charge on any atom is -0.313 e. The monoisotopic (exact) mass is 283 g/mol. The molecule has 18 heavy (non-hydrogen) atoms. The highest BCUT2D eigenvalue weighted by Gasteiger charge is 2.27. The molecule has 0 heterocycles. The molecule has 0 saturated carbocycles. The predicted molar refractivity (Wildman–Crippen MR) is 63.1 cm³/mol. The summed E-state index contributed by atoms with van der Waals surface area (Å²) in [6, 6.07) is 3.59. The van der Waals surface area contributed by atoms with Crippen molar-refractivity contribution in [2.45, 2.75) is 31.5 Å². The second kappa shape index (κ2) is 6.38. The van der Waals surface area contributed by atoms with Gasteiger partial charge in [-0.2, -0.15) is 13.2 Å². The molecule has 0 aromatic heterocycles. The van der Waals surface area contributed by atoms with Gasteiger partial charge in [0.25, 0.3) is 0 Å². The van der Waals surface area contributed by atoms with Gasteiger partial charge in [0.15, 0.2) is 0 Å². The Morgan fingerprint density at radius 3 is 2.56 bits per heavy atom. The summed E-state index contributed by atoms with van der Waals surface area (Å²) in [6.45, 7) is 0. The highest BCUT2D eigenvalue weighted by atomic mass is 35.5. The minimum absolute atomic E-state index is 0.0546. The first-order valence-corrected chi connectivity index (χ1v) is 5.90. The quantitative estimate of drug-likeness (QED) is 0.786. The summed E-state index contributed by atoms with van der Waals surface area (Å²) in [5.74, 6) is -0.467. The van der Waals surface area contributed by atoms with Crippen molar-refractivity contribution in [3.8, 4) is 0 Å². The zero-order valence-corrected chi connectivity index (χ0v) is 10.6. The van der Waals surface area contributed by atoms with Crippen molar-refractivity contribution < 1.29 is 17.6 Å². The van der Waals surface area contributed by atoms with Crippen LogP contribution in [0.5, 0.6) is 0 Å². The van der Waals surface area contributed by atoms with Crippen LogP contribution in [0.2, 0.25) is 5.02 Å². The van der Waals surface area contributed by atoms with E-state index in [-0.39, 0.29) is 12.8 Å². The van der Waals surface area contributed by atoms with Gasteiger partial charge < -0.3 is 5.32 Å². The molecule has 102 valence electrons. The van der Waals surface area contributed by atoms with Gasteiger partial charge in [-0.3, -0.25) is 0 Å². The van der Waals surface area contributed by atoms with E-state index in [0.717, 1.165) is 0 Å². The highest BCUT2D eigenvalue weighted by Crippen LogP contribution is 2.28. The molecule has 0 spiro atoms. The van der Waals surface area contributed by atoms with Gasteiger partial charge in [-0.05, 0) is 38.1 Å². The molecule has 0 bridgehead atoms. The predicted octanol–water partition coefficient (Wildman–Crippen LogP) is 4.47. The Morgan fingerprint density at radius 1 is 1.33 bits per heavy atom. The van der Waals surface area contributed by atoms with E-state index in [1.54, 1.807) is 7.05 Å². The fraction of sp³-hybridized carbons (Fsp3) is 0.500. The third-order valence-corrected chi connectivity index (χ3v) is 2.87. The summed E-state index contributed by atoms with van der Waals surface area (Å²) in [4.78, 5) is 0. The smallest absolute Gasteiger partial charge is 0.313 e. The van der Waals surface area contributed by atoms with Crippen LogP contribution in [0.4, 0.5) is 17.6 Å². The number of rotatable bonds is 5. The normalized spacial score (nSPS) is 13.7. The van der Waals surface area contributed by atoms with Crippen LogP contribution in [-0.2, 0) is 0 Å². The molecule has 0 amide bonds. The van der Waals surface area contributed by atoms with E-state index in [4.69, 9.17) is 11.6 Å². The molecule has 1 N–H and O–H groups in total. The largest absolute Gasteiger partial charge is 0.389 e. The summed E-state index contributed by atoms with van der Waals surface area (Å²) >= 11 is 5.75. The Morgan fingerprint density at radius 2 is 2.00 bits per heavy atom. The van der Waals surface area contributed by atoms with Crippen molar-refractivity contribution in [1.29, 1.82) is 0 Å². The van der Waals surface area contributed by atoms with E-state index in [1.165, 1.54) is 18.2 Å². The van der Waals surface area contributed by atoms with E-state index < -0.39 is 24.5 Å². The molecule has 1 nitrogen and oxygen atoms in total. The van der Waals surface area contributed by atoms with Gasteiger partial charge in [-0.1, -0.05) is 11.6 Å². The van der Waals surface area contributed by atoms with Crippen LogP contribution in [0, 0.1) is 5.82 Å². The second-order valence-corrected chi connectivity index (χ2v) is 4.45. The Labute approximate surface area is 108 Å². The molecule has 1 unspecified atom stereocenters. The standard InChI is InChI=1S/C12H14ClF4N/c1-18-11(3-2-6-12(15,16)17)9-7-8(13)4-5-10(9)14/h4-5,7,11,18H,2-3,6H2,1H3. The second-order valence-electron chi connectivity index (χ2n) is 4.01. The van der Waals surface area contributed by atoms with Crippen molar-refractivity contribution in [2.24, 2.45) is 0 Å². The Kier molecular flexibility index (Phi) is 5.41. The van der Waals surface area contributed by atoms with Gasteiger partial charge in [-0.15, -0.1) is 0 Å². The van der Waals surface area contributed by atoms with Crippen LogP contribution in [0.1, 0.15) is 30.9 Å². The molecular formula is C12H14ClF4N. The molecule has 0 aliphatic carbocycles. The number of benzene rings is 1. The topological polar surface area (TPSA) is 12.0 Å². The number of nitrogens with one attached hydrogen (secondary N) is 1. The van der Waals surface area contributed by atoms with Crippen LogP contribution >= 0.6 is 11.6 Å². The molecule has 1 rings (SSSR count). The van der Waals surface area contributed by atoms with Crippen LogP contribution in [0.3, 0.4) is 0 Å². The lowest BCUT2D eigenvalue weighted by atomic mass is 10.0. The van der Waals surface area contributed by atoms with E-state index in [2.05, 4.69) is 5.32 Å². The van der Waals surface area contributed by atoms with Gasteiger partial charge >= 0.3 is 6.18 Å². The molecule has 6 heteroatoms. The third-order valence-electron chi connectivity index (χ3n) is 2.63. The van der Waals surface area contributed by atoms with Crippen LogP contribution in [-0.4, -0.2) is 13.2 Å². The molecule has 1 aromatic rings. The lowest BCUT2D eigenvalue weighted by Crippen LogP contribution is -2.18. The average molecular weight is 284 g/mol. The van der Waals surface area contributed by atoms with Crippen LogP contribution in [0.25, 0.3) is 0 Å². The third kappa shape index (κ3) is 4.82. The fourth-order valence-corrected chi connectivity index (χ4v) is 1.92. The van der Waals surface area contributed by atoms with Gasteiger partial charge in [0, 0.05) is 23.0 Å². The van der Waals surface area contributed by atoms with E-state index >= 15 is 0 Å². The number of hydrogen-bond acceptors (Lipinski definition) is 1. The molecular weight excluding hydrogens is 270 g/mol. The lowest BCUT2D eigenvalue weighted by Gasteiger charge is -2.18. The summed E-state index contributed by atoms with van der Waals surface area (Å²) in [5.41, 5.74) is 0.298. The first-order valence-electron chi connectivity index (χ1n) is 5.52. The SMILES string of the molecule is CNC(CCCC(F)(F)F)c1cc(Cl)ccc1F. The lowest BCUT2D eigenvalue weighted by molar-refractivity contribution is -0.135. The number of alkyl halides is 3. The first-order chi connectivity index (χ1) is 8.33. The number of hydrogen-bond donors (Lipinski definition) is 1. The van der Waals surface area contributed by atoms with E-state index in [9.17, 15) is 17.6 Å². The minimum atomic E-state index is -4.18. The molecule has 0 aliphatic heterocycles. The zero-order chi connectivity index (χ0) is 13.8. The highest BCUT2D eigenvalue weighted by molar-refractivity contribution is 6.30. The van der Waals surface area contributed by atoms with Crippen LogP contribution in [0.15, 0.2) is 18.2 Å². The summed E-state index contributed by atoms with van der Waals surface area (Å²) in [5, 5.41) is 3.17.